The van der Waals surface area contributed by atoms with Gasteiger partial charge in [0.2, 0.25) is 5.60 Å². The van der Waals surface area contributed by atoms with Crippen molar-refractivity contribution in [2.75, 3.05) is 6.61 Å². The summed E-state index contributed by atoms with van der Waals surface area (Å²) in [6.45, 7) is 6.18. The number of aliphatic hydroxyl groups is 1. The number of carbonyl (C=O) groups excluding carboxylic acids is 2. The zero-order valence-corrected chi connectivity index (χ0v) is 17.3. The van der Waals surface area contributed by atoms with E-state index >= 15 is 0 Å². The number of rotatable bonds is 7. The van der Waals surface area contributed by atoms with Crippen LogP contribution in [0.4, 0.5) is 0 Å². The summed E-state index contributed by atoms with van der Waals surface area (Å²) in [6.07, 6.45) is 4.41. The first-order valence-electron chi connectivity index (χ1n) is 10.6. The van der Waals surface area contributed by atoms with Crippen molar-refractivity contribution in [2.24, 2.45) is 0 Å². The van der Waals surface area contributed by atoms with Gasteiger partial charge in [-0.05, 0) is 68.6 Å². The predicted octanol–water partition coefficient (Wildman–Crippen LogP) is 3.76. The summed E-state index contributed by atoms with van der Waals surface area (Å²) in [4.78, 5) is 25.5. The quantitative estimate of drug-likeness (QED) is 0.720. The van der Waals surface area contributed by atoms with E-state index in [9.17, 15) is 14.7 Å². The van der Waals surface area contributed by atoms with Crippen LogP contribution in [0.5, 0.6) is 0 Å². The molecule has 2 fully saturated rings. The molecule has 0 unspecified atom stereocenters. The largest absolute Gasteiger partial charge is 0.463 e. The molecule has 5 heteroatoms. The molecule has 0 atom stereocenters. The highest BCUT2D eigenvalue weighted by Gasteiger charge is 2.46. The number of hydrogen-bond donors (Lipinski definition) is 1. The Hall–Kier alpha value is -1.88. The van der Waals surface area contributed by atoms with Crippen molar-refractivity contribution in [3.05, 3.63) is 34.4 Å². The number of carbonyl (C=O) groups is 2. The van der Waals surface area contributed by atoms with Gasteiger partial charge in [0.25, 0.3) is 0 Å². The molecule has 5 nitrogen and oxygen atoms in total. The fraction of sp³-hybridized carbons (Fsp3) is 0.652. The molecule has 154 valence electrons. The number of aliphatic hydroxyl groups excluding tert-OH is 1. The van der Waals surface area contributed by atoms with Crippen LogP contribution in [0.1, 0.15) is 80.5 Å². The van der Waals surface area contributed by atoms with Crippen LogP contribution < -0.4 is 0 Å². The SMILES string of the molecule is CCOC(=O)C1(OC(=O)Cc2c(CC)cc(C)cc2C2CC2)CCC(O)CC1. The van der Waals surface area contributed by atoms with E-state index in [0.29, 0.717) is 31.6 Å². The van der Waals surface area contributed by atoms with E-state index in [-0.39, 0.29) is 19.0 Å². The van der Waals surface area contributed by atoms with E-state index in [1.165, 1.54) is 29.5 Å². The van der Waals surface area contributed by atoms with Crippen molar-refractivity contribution < 1.29 is 24.2 Å². The molecule has 1 aromatic carbocycles. The molecule has 2 saturated carbocycles. The molecule has 0 aliphatic heterocycles. The molecule has 1 N–H and O–H groups in total. The Morgan fingerprint density at radius 1 is 1.14 bits per heavy atom. The average molecular weight is 389 g/mol. The Bertz CT molecular complexity index is 727. The minimum Gasteiger partial charge on any atom is -0.463 e. The summed E-state index contributed by atoms with van der Waals surface area (Å²) >= 11 is 0. The highest BCUT2D eigenvalue weighted by Crippen LogP contribution is 2.43. The molecule has 2 aliphatic carbocycles. The maximum atomic E-state index is 12.9. The minimum atomic E-state index is -1.26. The van der Waals surface area contributed by atoms with Crippen molar-refractivity contribution in [2.45, 2.75) is 89.8 Å². The lowest BCUT2D eigenvalue weighted by atomic mass is 9.83. The molecule has 0 heterocycles. The van der Waals surface area contributed by atoms with E-state index in [1.807, 2.05) is 0 Å². The smallest absolute Gasteiger partial charge is 0.350 e. The van der Waals surface area contributed by atoms with Crippen LogP contribution in [0.15, 0.2) is 12.1 Å². The normalized spacial score (nSPS) is 24.6. The lowest BCUT2D eigenvalue weighted by molar-refractivity contribution is -0.188. The summed E-state index contributed by atoms with van der Waals surface area (Å²) in [7, 11) is 0. The average Bonchev–Trinajstić information content (AvgIpc) is 3.50. The summed E-state index contributed by atoms with van der Waals surface area (Å²) in [5.41, 5.74) is 3.47. The van der Waals surface area contributed by atoms with Crippen LogP contribution in [0.25, 0.3) is 0 Å². The Labute approximate surface area is 167 Å². The Morgan fingerprint density at radius 2 is 1.82 bits per heavy atom. The Kier molecular flexibility index (Phi) is 6.43. The van der Waals surface area contributed by atoms with Gasteiger partial charge in [-0.15, -0.1) is 0 Å². The molecule has 0 spiro atoms. The van der Waals surface area contributed by atoms with Crippen molar-refractivity contribution in [3.8, 4) is 0 Å². The molecule has 2 aliphatic rings. The monoisotopic (exact) mass is 388 g/mol. The van der Waals surface area contributed by atoms with Gasteiger partial charge in [-0.3, -0.25) is 4.79 Å². The Morgan fingerprint density at radius 3 is 2.39 bits per heavy atom. The van der Waals surface area contributed by atoms with Crippen molar-refractivity contribution in [1.82, 2.24) is 0 Å². The maximum Gasteiger partial charge on any atom is 0.350 e. The van der Waals surface area contributed by atoms with Gasteiger partial charge in [0.1, 0.15) is 0 Å². The van der Waals surface area contributed by atoms with Crippen LogP contribution >= 0.6 is 0 Å². The van der Waals surface area contributed by atoms with Crippen LogP contribution in [0.3, 0.4) is 0 Å². The third kappa shape index (κ3) is 4.57. The zero-order valence-electron chi connectivity index (χ0n) is 17.3. The predicted molar refractivity (Wildman–Crippen MR) is 106 cm³/mol. The van der Waals surface area contributed by atoms with Crippen LogP contribution in [0.2, 0.25) is 0 Å². The zero-order chi connectivity index (χ0) is 20.3. The van der Waals surface area contributed by atoms with E-state index in [0.717, 1.165) is 12.0 Å². The number of esters is 2. The number of aryl methyl sites for hydroxylation is 2. The summed E-state index contributed by atoms with van der Waals surface area (Å²) in [6, 6.07) is 4.34. The molecule has 1 aromatic rings. The summed E-state index contributed by atoms with van der Waals surface area (Å²) in [5, 5.41) is 9.83. The van der Waals surface area contributed by atoms with Crippen LogP contribution in [0, 0.1) is 6.92 Å². The Balaban J connectivity index is 1.81. The summed E-state index contributed by atoms with van der Waals surface area (Å²) < 4.78 is 11.0. The molecule has 3 rings (SSSR count). The number of benzene rings is 1. The van der Waals surface area contributed by atoms with Gasteiger partial charge in [0, 0.05) is 12.8 Å². The molecular formula is C23H32O5. The van der Waals surface area contributed by atoms with E-state index in [4.69, 9.17) is 9.47 Å². The molecule has 0 amide bonds. The van der Waals surface area contributed by atoms with Crippen LogP contribution in [-0.4, -0.2) is 35.4 Å². The topological polar surface area (TPSA) is 72.8 Å². The first-order valence-corrected chi connectivity index (χ1v) is 10.6. The van der Waals surface area contributed by atoms with Gasteiger partial charge >= 0.3 is 11.9 Å². The number of ether oxygens (including phenoxy) is 2. The van der Waals surface area contributed by atoms with Gasteiger partial charge in [0.05, 0.1) is 19.1 Å². The first kappa shape index (κ1) is 20.8. The van der Waals surface area contributed by atoms with Gasteiger partial charge < -0.3 is 14.6 Å². The molecule has 0 aromatic heterocycles. The second-order valence-corrected chi connectivity index (χ2v) is 8.22. The molecule has 0 bridgehead atoms. The highest BCUT2D eigenvalue weighted by atomic mass is 16.6. The maximum absolute atomic E-state index is 12.9. The molecule has 28 heavy (non-hydrogen) atoms. The van der Waals surface area contributed by atoms with E-state index < -0.39 is 17.7 Å². The fourth-order valence-corrected chi connectivity index (χ4v) is 4.29. The fourth-order valence-electron chi connectivity index (χ4n) is 4.29. The lowest BCUT2D eigenvalue weighted by Crippen LogP contribution is -2.48. The third-order valence-electron chi connectivity index (χ3n) is 5.96. The van der Waals surface area contributed by atoms with Crippen molar-refractivity contribution in [1.29, 1.82) is 0 Å². The second kappa shape index (κ2) is 8.64. The second-order valence-electron chi connectivity index (χ2n) is 8.22. The van der Waals surface area contributed by atoms with Crippen molar-refractivity contribution in [3.63, 3.8) is 0 Å². The minimum absolute atomic E-state index is 0.180. The summed E-state index contributed by atoms with van der Waals surface area (Å²) in [5.74, 6) is -0.334. The molecular weight excluding hydrogens is 356 g/mol. The van der Waals surface area contributed by atoms with E-state index in [1.54, 1.807) is 6.92 Å². The first-order chi connectivity index (χ1) is 13.4. The highest BCUT2D eigenvalue weighted by molar-refractivity contribution is 5.84. The molecule has 0 radical (unpaired) electrons. The van der Waals surface area contributed by atoms with Gasteiger partial charge in [-0.2, -0.15) is 0 Å². The third-order valence-corrected chi connectivity index (χ3v) is 5.96. The van der Waals surface area contributed by atoms with Gasteiger partial charge in [-0.25, -0.2) is 4.79 Å². The van der Waals surface area contributed by atoms with E-state index in [2.05, 4.69) is 26.0 Å². The molecule has 0 saturated heterocycles. The van der Waals surface area contributed by atoms with Crippen LogP contribution in [-0.2, 0) is 31.9 Å². The van der Waals surface area contributed by atoms with Gasteiger partial charge in [-0.1, -0.05) is 24.6 Å². The standard InChI is InChI=1S/C23H32O5/c1-4-16-12-15(3)13-19(17-6-7-17)20(16)14-21(25)28-23(22(26)27-5-2)10-8-18(24)9-11-23/h12-13,17-18,24H,4-11,14H2,1-3H3. The lowest BCUT2D eigenvalue weighted by Gasteiger charge is -2.36. The van der Waals surface area contributed by atoms with Crippen molar-refractivity contribution >= 4 is 11.9 Å². The number of hydrogen-bond acceptors (Lipinski definition) is 5. The van der Waals surface area contributed by atoms with Gasteiger partial charge in [0.15, 0.2) is 0 Å².